The van der Waals surface area contributed by atoms with Gasteiger partial charge in [-0.2, -0.15) is 13.2 Å². The molecule has 0 atom stereocenters. The Bertz CT molecular complexity index is 443. The number of ether oxygens (including phenoxy) is 2. The summed E-state index contributed by atoms with van der Waals surface area (Å²) in [7, 11) is 1.23. The van der Waals surface area contributed by atoms with E-state index in [-0.39, 0.29) is 18.8 Å². The van der Waals surface area contributed by atoms with Crippen molar-refractivity contribution < 1.29 is 31.8 Å². The third kappa shape index (κ3) is 4.76. The second-order valence-electron chi connectivity index (χ2n) is 3.67. The van der Waals surface area contributed by atoms with Crippen molar-refractivity contribution in [3.63, 3.8) is 0 Å². The molecule has 0 spiro atoms. The molecule has 0 radical (unpaired) electrons. The molecule has 106 valence electrons. The maximum absolute atomic E-state index is 13.0. The summed E-state index contributed by atoms with van der Waals surface area (Å²) in [6.45, 7) is 0.0397. The third-order valence-corrected chi connectivity index (χ3v) is 2.26. The van der Waals surface area contributed by atoms with Crippen molar-refractivity contribution in [1.82, 2.24) is 0 Å². The van der Waals surface area contributed by atoms with Crippen LogP contribution < -0.4 is 4.74 Å². The van der Waals surface area contributed by atoms with Crippen LogP contribution in [0.4, 0.5) is 17.6 Å². The molecular weight excluding hydrogens is 268 g/mol. The number of halogens is 4. The number of carbonyl (C=O) groups excluding carboxylic acids is 1. The van der Waals surface area contributed by atoms with Gasteiger partial charge in [0.15, 0.2) is 0 Å². The summed E-state index contributed by atoms with van der Waals surface area (Å²) in [5.74, 6) is -1.88. The molecule has 0 aliphatic rings. The summed E-state index contributed by atoms with van der Waals surface area (Å²) in [6.07, 6.45) is -4.37. The molecule has 0 aromatic heterocycles. The Morgan fingerprint density at radius 1 is 1.32 bits per heavy atom. The van der Waals surface area contributed by atoms with Gasteiger partial charge in [-0.15, -0.1) is 0 Å². The highest BCUT2D eigenvalue weighted by atomic mass is 19.4. The lowest BCUT2D eigenvalue weighted by Gasteiger charge is -2.11. The van der Waals surface area contributed by atoms with Gasteiger partial charge in [-0.3, -0.25) is 4.79 Å². The van der Waals surface area contributed by atoms with Crippen LogP contribution in [0.25, 0.3) is 0 Å². The number of alkyl halides is 3. The summed E-state index contributed by atoms with van der Waals surface area (Å²) >= 11 is 0. The Hall–Kier alpha value is -1.79. The van der Waals surface area contributed by atoms with Crippen molar-refractivity contribution in [2.45, 2.75) is 19.0 Å². The van der Waals surface area contributed by atoms with Gasteiger partial charge in [-0.1, -0.05) is 0 Å². The Balaban J connectivity index is 2.58. The van der Waals surface area contributed by atoms with Crippen molar-refractivity contribution in [2.75, 3.05) is 13.7 Å². The lowest BCUT2D eigenvalue weighted by Crippen LogP contribution is -2.09. The fraction of sp³-hybridized carbons (Fsp3) is 0.417. The number of rotatable bonds is 5. The molecule has 3 nitrogen and oxygen atoms in total. The number of hydrogen-bond acceptors (Lipinski definition) is 3. The number of methoxy groups -OCH3 is 1. The molecule has 0 saturated carbocycles. The summed E-state index contributed by atoms with van der Waals surface area (Å²) in [5, 5.41) is 0. The van der Waals surface area contributed by atoms with Crippen molar-refractivity contribution >= 4 is 5.97 Å². The summed E-state index contributed by atoms with van der Waals surface area (Å²) in [4.78, 5) is 10.8. The van der Waals surface area contributed by atoms with Crippen molar-refractivity contribution in [2.24, 2.45) is 0 Å². The van der Waals surface area contributed by atoms with Crippen LogP contribution in [0.2, 0.25) is 0 Å². The maximum Gasteiger partial charge on any atom is 0.419 e. The number of benzene rings is 1. The quantitative estimate of drug-likeness (QED) is 0.472. The molecule has 0 aliphatic carbocycles. The predicted molar refractivity (Wildman–Crippen MR) is 58.1 cm³/mol. The molecule has 0 aliphatic heterocycles. The second kappa shape index (κ2) is 6.40. The van der Waals surface area contributed by atoms with E-state index in [0.717, 1.165) is 6.07 Å². The fourth-order valence-corrected chi connectivity index (χ4v) is 1.32. The van der Waals surface area contributed by atoms with E-state index >= 15 is 0 Å². The van der Waals surface area contributed by atoms with Crippen LogP contribution in [0.3, 0.4) is 0 Å². The summed E-state index contributed by atoms with van der Waals surface area (Å²) in [6, 6.07) is 2.38. The molecule has 7 heteroatoms. The van der Waals surface area contributed by atoms with Gasteiger partial charge in [0.2, 0.25) is 0 Å². The van der Waals surface area contributed by atoms with Crippen LogP contribution in [-0.2, 0) is 15.7 Å². The van der Waals surface area contributed by atoms with E-state index in [9.17, 15) is 22.4 Å². The van der Waals surface area contributed by atoms with Crippen LogP contribution in [0.5, 0.6) is 5.75 Å². The van der Waals surface area contributed by atoms with E-state index in [1.807, 2.05) is 0 Å². The van der Waals surface area contributed by atoms with Gasteiger partial charge in [0.1, 0.15) is 11.6 Å². The zero-order valence-electron chi connectivity index (χ0n) is 10.1. The standard InChI is InChI=1S/C12H12F4O3/c1-18-11(17)3-2-6-19-8-4-5-10(13)9(7-8)12(14,15)16/h4-5,7H,2-3,6H2,1H3. The minimum absolute atomic E-state index is 0.0397. The first-order valence-corrected chi connectivity index (χ1v) is 5.41. The van der Waals surface area contributed by atoms with Gasteiger partial charge in [0.05, 0.1) is 19.3 Å². The minimum atomic E-state index is -4.77. The number of esters is 1. The van der Waals surface area contributed by atoms with Crippen LogP contribution in [0.15, 0.2) is 18.2 Å². The summed E-state index contributed by atoms with van der Waals surface area (Å²) in [5.41, 5.74) is -1.38. The molecule has 1 rings (SSSR count). The number of hydrogen-bond donors (Lipinski definition) is 0. The molecule has 0 unspecified atom stereocenters. The molecule has 1 aromatic rings. The molecule has 0 amide bonds. The first-order valence-electron chi connectivity index (χ1n) is 5.41. The Morgan fingerprint density at radius 2 is 2.00 bits per heavy atom. The molecule has 0 saturated heterocycles. The smallest absolute Gasteiger partial charge is 0.419 e. The highest BCUT2D eigenvalue weighted by molar-refractivity contribution is 5.69. The molecule has 0 fully saturated rings. The number of carbonyl (C=O) groups is 1. The van der Waals surface area contributed by atoms with Gasteiger partial charge < -0.3 is 9.47 Å². The fourth-order valence-electron chi connectivity index (χ4n) is 1.32. The highest BCUT2D eigenvalue weighted by Gasteiger charge is 2.34. The van der Waals surface area contributed by atoms with E-state index in [1.165, 1.54) is 7.11 Å². The van der Waals surface area contributed by atoms with Gasteiger partial charge in [-0.05, 0) is 24.6 Å². The van der Waals surface area contributed by atoms with Crippen molar-refractivity contribution in [3.8, 4) is 5.75 Å². The third-order valence-electron chi connectivity index (χ3n) is 2.26. The monoisotopic (exact) mass is 280 g/mol. The average molecular weight is 280 g/mol. The Morgan fingerprint density at radius 3 is 2.58 bits per heavy atom. The average Bonchev–Trinajstić information content (AvgIpc) is 2.34. The van der Waals surface area contributed by atoms with E-state index in [0.29, 0.717) is 18.6 Å². The molecule has 0 bridgehead atoms. The van der Waals surface area contributed by atoms with Crippen LogP contribution in [0.1, 0.15) is 18.4 Å². The van der Waals surface area contributed by atoms with Crippen LogP contribution >= 0.6 is 0 Å². The highest BCUT2D eigenvalue weighted by Crippen LogP contribution is 2.33. The molecule has 0 heterocycles. The van der Waals surface area contributed by atoms with Crippen molar-refractivity contribution in [3.05, 3.63) is 29.6 Å². The normalized spacial score (nSPS) is 11.2. The van der Waals surface area contributed by atoms with Crippen LogP contribution in [0, 0.1) is 5.82 Å². The summed E-state index contributed by atoms with van der Waals surface area (Å²) < 4.78 is 59.6. The Kier molecular flexibility index (Phi) is 5.14. The Labute approximate surface area is 107 Å². The van der Waals surface area contributed by atoms with Gasteiger partial charge >= 0.3 is 12.1 Å². The SMILES string of the molecule is COC(=O)CCCOc1ccc(F)c(C(F)(F)F)c1. The van der Waals surface area contributed by atoms with Crippen molar-refractivity contribution in [1.29, 1.82) is 0 Å². The lowest BCUT2D eigenvalue weighted by molar-refractivity contribution is -0.141. The van der Waals surface area contributed by atoms with E-state index in [4.69, 9.17) is 4.74 Å². The predicted octanol–water partition coefficient (Wildman–Crippen LogP) is 3.18. The lowest BCUT2D eigenvalue weighted by atomic mass is 10.2. The maximum atomic E-state index is 13.0. The first kappa shape index (κ1) is 15.3. The molecular formula is C12H12F4O3. The molecule has 1 aromatic carbocycles. The van der Waals surface area contributed by atoms with E-state index in [2.05, 4.69) is 4.74 Å². The zero-order valence-corrected chi connectivity index (χ0v) is 10.1. The van der Waals surface area contributed by atoms with E-state index < -0.39 is 23.5 Å². The minimum Gasteiger partial charge on any atom is -0.494 e. The van der Waals surface area contributed by atoms with Crippen LogP contribution in [-0.4, -0.2) is 19.7 Å². The largest absolute Gasteiger partial charge is 0.494 e. The second-order valence-corrected chi connectivity index (χ2v) is 3.67. The zero-order chi connectivity index (χ0) is 14.5. The molecule has 19 heavy (non-hydrogen) atoms. The topological polar surface area (TPSA) is 35.5 Å². The molecule has 0 N–H and O–H groups in total. The van der Waals surface area contributed by atoms with Gasteiger partial charge in [0.25, 0.3) is 0 Å². The van der Waals surface area contributed by atoms with Gasteiger partial charge in [-0.25, -0.2) is 4.39 Å². The van der Waals surface area contributed by atoms with E-state index in [1.54, 1.807) is 0 Å². The first-order chi connectivity index (χ1) is 8.84. The van der Waals surface area contributed by atoms with Gasteiger partial charge in [0, 0.05) is 6.42 Å².